The van der Waals surface area contributed by atoms with Crippen molar-refractivity contribution >= 4 is 23.6 Å². The Balaban J connectivity index is 1.69. The van der Waals surface area contributed by atoms with Gasteiger partial charge in [-0.05, 0) is 19.9 Å². The van der Waals surface area contributed by atoms with Crippen molar-refractivity contribution < 1.29 is 4.79 Å². The predicted molar refractivity (Wildman–Crippen MR) is 97.3 cm³/mol. The number of hydrogen-bond donors (Lipinski definition) is 1. The van der Waals surface area contributed by atoms with E-state index in [1.807, 2.05) is 42.7 Å². The summed E-state index contributed by atoms with van der Waals surface area (Å²) in [4.78, 5) is 20.0. The summed E-state index contributed by atoms with van der Waals surface area (Å²) in [5.41, 5.74) is 2.20. The van der Waals surface area contributed by atoms with Crippen LogP contribution >= 0.6 is 11.8 Å². The van der Waals surface area contributed by atoms with Gasteiger partial charge in [0.25, 0.3) is 0 Å². The normalized spacial score (nSPS) is 10.6. The highest BCUT2D eigenvalue weighted by molar-refractivity contribution is 7.99. The summed E-state index contributed by atoms with van der Waals surface area (Å²) in [6, 6.07) is 9.84. The van der Waals surface area contributed by atoms with E-state index in [1.165, 1.54) is 17.3 Å². The first-order valence-corrected chi connectivity index (χ1v) is 8.86. The Bertz CT molecular complexity index is 847. The third-order valence-electron chi connectivity index (χ3n) is 3.49. The maximum atomic E-state index is 12.0. The van der Waals surface area contributed by atoms with E-state index in [2.05, 4.69) is 25.5 Å². The van der Waals surface area contributed by atoms with E-state index in [-0.39, 0.29) is 11.7 Å². The van der Waals surface area contributed by atoms with Crippen LogP contribution in [0.1, 0.15) is 12.5 Å². The zero-order chi connectivity index (χ0) is 17.6. The van der Waals surface area contributed by atoms with Gasteiger partial charge in [0.15, 0.2) is 11.0 Å². The van der Waals surface area contributed by atoms with E-state index < -0.39 is 0 Å². The lowest BCUT2D eigenvalue weighted by atomic mass is 10.1. The van der Waals surface area contributed by atoms with E-state index in [1.54, 1.807) is 18.5 Å². The summed E-state index contributed by atoms with van der Waals surface area (Å²) in [5.74, 6) is 1.13. The Morgan fingerprint density at radius 1 is 1.16 bits per heavy atom. The number of aryl methyl sites for hydroxylation is 1. The number of amides is 1. The zero-order valence-corrected chi connectivity index (χ0v) is 14.8. The fourth-order valence-electron chi connectivity index (χ4n) is 2.25. The van der Waals surface area contributed by atoms with Crippen LogP contribution in [0.15, 0.2) is 47.9 Å². The lowest BCUT2D eigenvalue weighted by Crippen LogP contribution is -2.16. The minimum Gasteiger partial charge on any atom is -0.302 e. The maximum Gasteiger partial charge on any atom is 0.237 e. The topological polar surface area (TPSA) is 85.6 Å². The summed E-state index contributed by atoms with van der Waals surface area (Å²) in [5, 5.41) is 11.9. The van der Waals surface area contributed by atoms with Gasteiger partial charge in [-0.25, -0.2) is 9.97 Å². The highest BCUT2D eigenvalue weighted by Gasteiger charge is 2.14. The standard InChI is InChI=1S/C17H18N6OS/c1-3-23-15(13-7-5-12(2)6-8-13)21-22-17(23)25-11-14(24)20-16-18-9-4-10-19-16/h4-10H,3,11H2,1-2H3,(H,18,19,20,24). The van der Waals surface area contributed by atoms with E-state index in [0.29, 0.717) is 11.1 Å². The van der Waals surface area contributed by atoms with Crippen molar-refractivity contribution in [1.82, 2.24) is 24.7 Å². The van der Waals surface area contributed by atoms with Gasteiger partial charge in [-0.15, -0.1) is 10.2 Å². The van der Waals surface area contributed by atoms with Gasteiger partial charge in [-0.1, -0.05) is 41.6 Å². The third-order valence-corrected chi connectivity index (χ3v) is 4.46. The fourth-order valence-corrected chi connectivity index (χ4v) is 3.05. The molecule has 2 heterocycles. The van der Waals surface area contributed by atoms with E-state index in [4.69, 9.17) is 0 Å². The summed E-state index contributed by atoms with van der Waals surface area (Å²) >= 11 is 1.34. The molecular weight excluding hydrogens is 336 g/mol. The highest BCUT2D eigenvalue weighted by Crippen LogP contribution is 2.24. The molecule has 0 spiro atoms. The van der Waals surface area contributed by atoms with Crippen LogP contribution in [0.4, 0.5) is 5.95 Å². The predicted octanol–water partition coefficient (Wildman–Crippen LogP) is 2.79. The molecule has 128 valence electrons. The monoisotopic (exact) mass is 354 g/mol. The number of rotatable bonds is 6. The average Bonchev–Trinajstić information content (AvgIpc) is 3.04. The van der Waals surface area contributed by atoms with Gasteiger partial charge in [-0.2, -0.15) is 0 Å². The molecule has 0 aliphatic carbocycles. The molecule has 0 atom stereocenters. The quantitative estimate of drug-likeness (QED) is 0.685. The van der Waals surface area contributed by atoms with E-state index in [0.717, 1.165) is 17.9 Å². The van der Waals surface area contributed by atoms with Crippen molar-refractivity contribution in [1.29, 1.82) is 0 Å². The van der Waals surface area contributed by atoms with Gasteiger partial charge in [0.05, 0.1) is 5.75 Å². The summed E-state index contributed by atoms with van der Waals surface area (Å²) < 4.78 is 2.00. The Morgan fingerprint density at radius 3 is 2.56 bits per heavy atom. The van der Waals surface area contributed by atoms with Crippen molar-refractivity contribution in [3.05, 3.63) is 48.3 Å². The summed E-state index contributed by atoms with van der Waals surface area (Å²) in [6.07, 6.45) is 3.16. The molecule has 3 rings (SSSR count). The van der Waals surface area contributed by atoms with Crippen molar-refractivity contribution in [3.63, 3.8) is 0 Å². The number of carbonyl (C=O) groups excluding carboxylic acids is 1. The Labute approximate surface area is 149 Å². The second-order valence-corrected chi connectivity index (χ2v) is 6.27. The van der Waals surface area contributed by atoms with Crippen LogP contribution in [0.5, 0.6) is 0 Å². The number of aromatic nitrogens is 5. The van der Waals surface area contributed by atoms with Crippen LogP contribution in [0.2, 0.25) is 0 Å². The lowest BCUT2D eigenvalue weighted by Gasteiger charge is -2.07. The number of nitrogens with zero attached hydrogens (tertiary/aromatic N) is 5. The Morgan fingerprint density at radius 2 is 1.88 bits per heavy atom. The van der Waals surface area contributed by atoms with Gasteiger partial charge >= 0.3 is 0 Å². The van der Waals surface area contributed by atoms with E-state index in [9.17, 15) is 4.79 Å². The maximum absolute atomic E-state index is 12.0. The van der Waals surface area contributed by atoms with Crippen molar-refractivity contribution in [3.8, 4) is 11.4 Å². The molecule has 8 heteroatoms. The van der Waals surface area contributed by atoms with Crippen LogP contribution in [0.25, 0.3) is 11.4 Å². The zero-order valence-electron chi connectivity index (χ0n) is 14.0. The number of hydrogen-bond acceptors (Lipinski definition) is 6. The lowest BCUT2D eigenvalue weighted by molar-refractivity contribution is -0.113. The molecule has 0 bridgehead atoms. The Kier molecular flexibility index (Phi) is 5.39. The van der Waals surface area contributed by atoms with Crippen LogP contribution in [0, 0.1) is 6.92 Å². The molecule has 1 aromatic carbocycles. The Hall–Kier alpha value is -2.74. The smallest absolute Gasteiger partial charge is 0.237 e. The van der Waals surface area contributed by atoms with Gasteiger partial charge < -0.3 is 4.57 Å². The first-order valence-electron chi connectivity index (χ1n) is 7.87. The van der Waals surface area contributed by atoms with Crippen LogP contribution in [-0.2, 0) is 11.3 Å². The molecule has 1 amide bonds. The third kappa shape index (κ3) is 4.21. The number of thioether (sulfide) groups is 1. The second-order valence-electron chi connectivity index (χ2n) is 5.33. The minimum absolute atomic E-state index is 0.182. The molecule has 0 aliphatic heterocycles. The molecule has 0 saturated heterocycles. The SMILES string of the molecule is CCn1c(SCC(=O)Nc2ncccn2)nnc1-c1ccc(C)cc1. The van der Waals surface area contributed by atoms with Crippen LogP contribution in [-0.4, -0.2) is 36.4 Å². The van der Waals surface area contributed by atoms with Gasteiger partial charge in [0.2, 0.25) is 11.9 Å². The molecule has 0 radical (unpaired) electrons. The molecule has 0 unspecified atom stereocenters. The molecule has 0 aliphatic rings. The van der Waals surface area contributed by atoms with Gasteiger partial charge in [-0.3, -0.25) is 10.1 Å². The molecule has 1 N–H and O–H groups in total. The molecule has 2 aromatic heterocycles. The molecule has 25 heavy (non-hydrogen) atoms. The van der Waals surface area contributed by atoms with Crippen LogP contribution < -0.4 is 5.32 Å². The van der Waals surface area contributed by atoms with Gasteiger partial charge in [0, 0.05) is 24.5 Å². The van der Waals surface area contributed by atoms with Crippen LogP contribution in [0.3, 0.4) is 0 Å². The van der Waals surface area contributed by atoms with Crippen molar-refractivity contribution in [2.45, 2.75) is 25.5 Å². The molecule has 0 saturated carbocycles. The van der Waals surface area contributed by atoms with Crippen molar-refractivity contribution in [2.75, 3.05) is 11.1 Å². The first kappa shape index (κ1) is 17.1. The summed E-state index contributed by atoms with van der Waals surface area (Å²) in [6.45, 7) is 4.80. The second kappa shape index (κ2) is 7.89. The van der Waals surface area contributed by atoms with Crippen molar-refractivity contribution in [2.24, 2.45) is 0 Å². The number of carbonyl (C=O) groups is 1. The van der Waals surface area contributed by atoms with Gasteiger partial charge in [0.1, 0.15) is 0 Å². The highest BCUT2D eigenvalue weighted by atomic mass is 32.2. The average molecular weight is 354 g/mol. The first-order chi connectivity index (χ1) is 12.2. The number of anilines is 1. The fraction of sp³-hybridized carbons (Fsp3) is 0.235. The van der Waals surface area contributed by atoms with E-state index >= 15 is 0 Å². The number of nitrogens with one attached hydrogen (secondary N) is 1. The summed E-state index contributed by atoms with van der Waals surface area (Å²) in [7, 11) is 0. The molecular formula is C17H18N6OS. The minimum atomic E-state index is -0.182. The molecule has 3 aromatic rings. The number of benzene rings is 1. The molecule has 0 fully saturated rings. The largest absolute Gasteiger partial charge is 0.302 e. The molecule has 7 nitrogen and oxygen atoms in total.